The zero-order chi connectivity index (χ0) is 14.7. The van der Waals surface area contributed by atoms with E-state index in [0.29, 0.717) is 25.0 Å². The molecule has 0 heterocycles. The number of halogens is 1. The van der Waals surface area contributed by atoms with Crippen molar-refractivity contribution in [2.24, 2.45) is 11.7 Å². The standard InChI is InChI=1S/C15H22BrN3O/c1-10-7-12(5-6-13(10)16)18-15(20)9-19(2)14(8-17)11-3-4-11/h5-7,11,14H,3-4,8-9,17H2,1-2H3,(H,18,20). The molecule has 0 spiro atoms. The van der Waals surface area contributed by atoms with Gasteiger partial charge in [0.1, 0.15) is 0 Å². The fourth-order valence-corrected chi connectivity index (χ4v) is 2.73. The topological polar surface area (TPSA) is 58.4 Å². The number of nitrogens with two attached hydrogens (primary N) is 1. The van der Waals surface area contributed by atoms with Crippen molar-refractivity contribution in [3.05, 3.63) is 28.2 Å². The largest absolute Gasteiger partial charge is 0.329 e. The summed E-state index contributed by atoms with van der Waals surface area (Å²) in [4.78, 5) is 14.1. The highest BCUT2D eigenvalue weighted by Gasteiger charge is 2.33. The van der Waals surface area contributed by atoms with E-state index in [4.69, 9.17) is 5.73 Å². The van der Waals surface area contributed by atoms with Crippen molar-refractivity contribution < 1.29 is 4.79 Å². The van der Waals surface area contributed by atoms with Gasteiger partial charge in [0.15, 0.2) is 0 Å². The lowest BCUT2D eigenvalue weighted by Gasteiger charge is -2.26. The second-order valence-electron chi connectivity index (χ2n) is 5.57. The molecule has 1 aromatic carbocycles. The van der Waals surface area contributed by atoms with Crippen LogP contribution >= 0.6 is 15.9 Å². The summed E-state index contributed by atoms with van der Waals surface area (Å²) in [6.07, 6.45) is 2.47. The van der Waals surface area contributed by atoms with E-state index in [-0.39, 0.29) is 5.91 Å². The number of amides is 1. The van der Waals surface area contributed by atoms with Crippen LogP contribution in [-0.4, -0.2) is 37.0 Å². The van der Waals surface area contributed by atoms with Gasteiger partial charge in [0.25, 0.3) is 0 Å². The molecule has 1 fully saturated rings. The Morgan fingerprint density at radius 3 is 2.80 bits per heavy atom. The number of rotatable bonds is 6. The molecule has 0 aliphatic heterocycles. The fourth-order valence-electron chi connectivity index (χ4n) is 2.48. The van der Waals surface area contributed by atoms with Gasteiger partial charge in [-0.05, 0) is 56.5 Å². The number of hydrogen-bond acceptors (Lipinski definition) is 3. The first-order chi connectivity index (χ1) is 9.51. The van der Waals surface area contributed by atoms with Gasteiger partial charge < -0.3 is 11.1 Å². The van der Waals surface area contributed by atoms with Gasteiger partial charge in [-0.3, -0.25) is 9.69 Å². The molecule has 1 atom stereocenters. The van der Waals surface area contributed by atoms with Gasteiger partial charge in [-0.15, -0.1) is 0 Å². The van der Waals surface area contributed by atoms with Gasteiger partial charge in [0, 0.05) is 22.7 Å². The van der Waals surface area contributed by atoms with Gasteiger partial charge in [0.05, 0.1) is 6.54 Å². The van der Waals surface area contributed by atoms with Crippen molar-refractivity contribution in [1.29, 1.82) is 0 Å². The number of benzene rings is 1. The number of carbonyl (C=O) groups excluding carboxylic acids is 1. The molecule has 1 aliphatic rings. The molecule has 0 saturated heterocycles. The summed E-state index contributed by atoms with van der Waals surface area (Å²) in [6.45, 7) is 3.00. The SMILES string of the molecule is Cc1cc(NC(=O)CN(C)C(CN)C2CC2)ccc1Br. The van der Waals surface area contributed by atoms with Gasteiger partial charge in [-0.1, -0.05) is 15.9 Å². The Hall–Kier alpha value is -0.910. The Balaban J connectivity index is 1.89. The first-order valence-electron chi connectivity index (χ1n) is 6.97. The van der Waals surface area contributed by atoms with Crippen LogP contribution in [0.4, 0.5) is 5.69 Å². The Bertz CT molecular complexity index is 488. The minimum Gasteiger partial charge on any atom is -0.329 e. The zero-order valence-corrected chi connectivity index (χ0v) is 13.6. The summed E-state index contributed by atoms with van der Waals surface area (Å²) in [5, 5.41) is 2.94. The quantitative estimate of drug-likeness (QED) is 0.836. The molecule has 0 aromatic heterocycles. The van der Waals surface area contributed by atoms with Crippen molar-refractivity contribution in [3.63, 3.8) is 0 Å². The molecule has 3 N–H and O–H groups in total. The Morgan fingerprint density at radius 1 is 1.55 bits per heavy atom. The third-order valence-corrected chi connectivity index (χ3v) is 4.70. The molecule has 20 heavy (non-hydrogen) atoms. The molecule has 1 unspecified atom stereocenters. The summed E-state index contributed by atoms with van der Waals surface area (Å²) >= 11 is 3.45. The summed E-state index contributed by atoms with van der Waals surface area (Å²) in [5.41, 5.74) is 7.74. The summed E-state index contributed by atoms with van der Waals surface area (Å²) in [6, 6.07) is 6.13. The van der Waals surface area contributed by atoms with Crippen molar-refractivity contribution >= 4 is 27.5 Å². The highest BCUT2D eigenvalue weighted by Crippen LogP contribution is 2.34. The van der Waals surface area contributed by atoms with E-state index in [1.54, 1.807) is 0 Å². The maximum absolute atomic E-state index is 12.1. The molecule has 0 bridgehead atoms. The minimum absolute atomic E-state index is 0.00771. The van der Waals surface area contributed by atoms with E-state index in [2.05, 4.69) is 26.1 Å². The molecule has 2 rings (SSSR count). The van der Waals surface area contributed by atoms with E-state index in [1.165, 1.54) is 12.8 Å². The van der Waals surface area contributed by atoms with Gasteiger partial charge in [0.2, 0.25) is 5.91 Å². The maximum Gasteiger partial charge on any atom is 0.238 e. The molecule has 1 aliphatic carbocycles. The first kappa shape index (κ1) is 15.5. The predicted molar refractivity (Wildman–Crippen MR) is 85.7 cm³/mol. The van der Waals surface area contributed by atoms with E-state index in [0.717, 1.165) is 15.7 Å². The number of carbonyl (C=O) groups is 1. The van der Waals surface area contributed by atoms with Crippen LogP contribution in [0.5, 0.6) is 0 Å². The van der Waals surface area contributed by atoms with Crippen molar-refractivity contribution in [2.45, 2.75) is 25.8 Å². The van der Waals surface area contributed by atoms with Crippen molar-refractivity contribution in [2.75, 3.05) is 25.5 Å². The average molecular weight is 340 g/mol. The second-order valence-corrected chi connectivity index (χ2v) is 6.42. The van der Waals surface area contributed by atoms with Crippen LogP contribution in [0, 0.1) is 12.8 Å². The van der Waals surface area contributed by atoms with E-state index in [1.807, 2.05) is 32.2 Å². The molecular formula is C15H22BrN3O. The van der Waals surface area contributed by atoms with Crippen LogP contribution in [0.2, 0.25) is 0 Å². The van der Waals surface area contributed by atoms with E-state index >= 15 is 0 Å². The number of nitrogens with zero attached hydrogens (tertiary/aromatic N) is 1. The molecule has 110 valence electrons. The lowest BCUT2D eigenvalue weighted by atomic mass is 10.1. The van der Waals surface area contributed by atoms with Crippen LogP contribution in [-0.2, 0) is 4.79 Å². The third-order valence-electron chi connectivity index (χ3n) is 3.81. The normalized spacial score (nSPS) is 16.2. The van der Waals surface area contributed by atoms with Gasteiger partial charge in [-0.2, -0.15) is 0 Å². The molecule has 1 saturated carbocycles. The lowest BCUT2D eigenvalue weighted by Crippen LogP contribution is -2.43. The van der Waals surface area contributed by atoms with Crippen molar-refractivity contribution in [1.82, 2.24) is 4.90 Å². The van der Waals surface area contributed by atoms with Gasteiger partial charge in [-0.25, -0.2) is 0 Å². The molecule has 5 heteroatoms. The zero-order valence-electron chi connectivity index (χ0n) is 12.0. The molecule has 4 nitrogen and oxygen atoms in total. The van der Waals surface area contributed by atoms with Crippen LogP contribution in [0.25, 0.3) is 0 Å². The third kappa shape index (κ3) is 4.04. The predicted octanol–water partition coefficient (Wildman–Crippen LogP) is 2.37. The molecule has 1 amide bonds. The highest BCUT2D eigenvalue weighted by molar-refractivity contribution is 9.10. The van der Waals surface area contributed by atoms with E-state index < -0.39 is 0 Å². The lowest BCUT2D eigenvalue weighted by molar-refractivity contribution is -0.117. The summed E-state index contributed by atoms with van der Waals surface area (Å²) in [5.74, 6) is 0.682. The van der Waals surface area contributed by atoms with Crippen LogP contribution in [0.3, 0.4) is 0 Å². The summed E-state index contributed by atoms with van der Waals surface area (Å²) in [7, 11) is 1.97. The molecule has 1 aromatic rings. The summed E-state index contributed by atoms with van der Waals surface area (Å²) < 4.78 is 1.05. The Kier molecular flexibility index (Phi) is 5.18. The first-order valence-corrected chi connectivity index (χ1v) is 7.77. The second kappa shape index (κ2) is 6.70. The average Bonchev–Trinajstić information content (AvgIpc) is 3.19. The van der Waals surface area contributed by atoms with Crippen LogP contribution in [0.15, 0.2) is 22.7 Å². The Morgan fingerprint density at radius 2 is 2.25 bits per heavy atom. The van der Waals surface area contributed by atoms with Gasteiger partial charge >= 0.3 is 0 Å². The monoisotopic (exact) mass is 339 g/mol. The smallest absolute Gasteiger partial charge is 0.238 e. The van der Waals surface area contributed by atoms with Crippen molar-refractivity contribution in [3.8, 4) is 0 Å². The van der Waals surface area contributed by atoms with E-state index in [9.17, 15) is 4.79 Å². The van der Waals surface area contributed by atoms with Crippen LogP contribution in [0.1, 0.15) is 18.4 Å². The fraction of sp³-hybridized carbons (Fsp3) is 0.533. The highest BCUT2D eigenvalue weighted by atomic mass is 79.9. The Labute approximate surface area is 128 Å². The molecular weight excluding hydrogens is 318 g/mol. The number of anilines is 1. The van der Waals surface area contributed by atoms with Crippen LogP contribution < -0.4 is 11.1 Å². The number of likely N-dealkylation sites (N-methyl/N-ethyl adjacent to an activating group) is 1. The molecule has 0 radical (unpaired) electrons. The number of hydrogen-bond donors (Lipinski definition) is 2. The minimum atomic E-state index is 0.00771. The maximum atomic E-state index is 12.1. The number of nitrogens with one attached hydrogen (secondary N) is 1. The number of aryl methyl sites for hydroxylation is 1.